The highest BCUT2D eigenvalue weighted by Gasteiger charge is 2.43. The van der Waals surface area contributed by atoms with Gasteiger partial charge in [0.1, 0.15) is 21.2 Å². The zero-order valence-corrected chi connectivity index (χ0v) is 21.0. The number of thiazole rings is 1. The van der Waals surface area contributed by atoms with Crippen LogP contribution in [-0.4, -0.2) is 64.4 Å². The van der Waals surface area contributed by atoms with Crippen LogP contribution in [0.1, 0.15) is 20.8 Å². The number of aryl methyl sites for hydroxylation is 1. The van der Waals surface area contributed by atoms with Gasteiger partial charge in [-0.05, 0) is 49.3 Å². The van der Waals surface area contributed by atoms with E-state index in [4.69, 9.17) is 9.73 Å². The Kier molecular flexibility index (Phi) is 6.61. The predicted molar refractivity (Wildman–Crippen MR) is 127 cm³/mol. The number of thioether (sulfide) groups is 3. The quantitative estimate of drug-likeness (QED) is 0.480. The monoisotopic (exact) mass is 484 g/mol. The maximum absolute atomic E-state index is 13.5. The van der Waals surface area contributed by atoms with Crippen LogP contribution in [0.5, 0.6) is 0 Å². The summed E-state index contributed by atoms with van der Waals surface area (Å²) in [4.78, 5) is 25.2. The van der Waals surface area contributed by atoms with Crippen LogP contribution < -0.4 is 4.57 Å². The van der Waals surface area contributed by atoms with Gasteiger partial charge in [-0.2, -0.15) is 0 Å². The van der Waals surface area contributed by atoms with E-state index in [-0.39, 0.29) is 11.9 Å². The van der Waals surface area contributed by atoms with Gasteiger partial charge in [-0.1, -0.05) is 11.3 Å². The van der Waals surface area contributed by atoms with Gasteiger partial charge < -0.3 is 14.5 Å². The summed E-state index contributed by atoms with van der Waals surface area (Å²) in [5, 5.41) is 6.63. The molecule has 1 aromatic rings. The van der Waals surface area contributed by atoms with Crippen molar-refractivity contribution >= 4 is 62.8 Å². The Morgan fingerprint density at radius 2 is 2.10 bits per heavy atom. The van der Waals surface area contributed by atoms with Gasteiger partial charge in [-0.25, -0.2) is 4.57 Å². The second kappa shape index (κ2) is 9.05. The standard InChI is InChI=1S/C19H26N5O2S4/c1-6-23-11-26-17(16-21(4)7-9-27-16)30-15(23)13-14(25)24(12(2)3)19(29-13)20-18-22(5)8-10-28-18/h8,10,12H,6-7,9,11H2,1-5H3/q+1/b15-13-,17-16+. The molecule has 0 aliphatic carbocycles. The van der Waals surface area contributed by atoms with Crippen molar-refractivity contribution in [2.75, 3.05) is 32.6 Å². The van der Waals surface area contributed by atoms with Crippen LogP contribution in [0, 0.1) is 0 Å². The second-order valence-electron chi connectivity index (χ2n) is 7.29. The summed E-state index contributed by atoms with van der Waals surface area (Å²) in [5.41, 5.74) is 0. The third-order valence-electron chi connectivity index (χ3n) is 4.87. The Hall–Kier alpha value is -1.30. The minimum atomic E-state index is 0.0209. The maximum atomic E-state index is 13.5. The lowest BCUT2D eigenvalue weighted by Crippen LogP contribution is -2.37. The van der Waals surface area contributed by atoms with E-state index < -0.39 is 0 Å². The van der Waals surface area contributed by atoms with Crippen molar-refractivity contribution in [3.8, 4) is 0 Å². The molecule has 3 saturated heterocycles. The molecule has 3 aliphatic heterocycles. The first-order valence-electron chi connectivity index (χ1n) is 9.82. The van der Waals surface area contributed by atoms with Gasteiger partial charge >= 0.3 is 5.13 Å². The molecule has 0 spiro atoms. The number of rotatable bonds is 3. The molecule has 3 aliphatic rings. The fourth-order valence-corrected chi connectivity index (χ4v) is 7.70. The molecule has 1 aromatic heterocycles. The van der Waals surface area contributed by atoms with Crippen LogP contribution in [0.4, 0.5) is 5.13 Å². The van der Waals surface area contributed by atoms with E-state index in [1.165, 1.54) is 11.8 Å². The van der Waals surface area contributed by atoms with Gasteiger partial charge in [0.2, 0.25) is 0 Å². The topological polar surface area (TPSA) is 52.3 Å². The molecule has 30 heavy (non-hydrogen) atoms. The Balaban J connectivity index is 1.75. The van der Waals surface area contributed by atoms with Gasteiger partial charge in [0.25, 0.3) is 11.1 Å². The molecule has 11 heteroatoms. The Labute approximate surface area is 194 Å². The number of amidine groups is 1. The lowest BCUT2D eigenvalue weighted by atomic mass is 10.3. The summed E-state index contributed by atoms with van der Waals surface area (Å²) >= 11 is 6.42. The average molecular weight is 485 g/mol. The lowest BCUT2D eigenvalue weighted by Gasteiger charge is -2.33. The maximum Gasteiger partial charge on any atom is 0.384 e. The SMILES string of the molecule is CCN1CO/C(=C2\SCCN2C)S/C1=C1\S/C(=N\c2scc[n+]2C)N(C(C)C)C1=O. The number of carbonyl (C=O) groups is 1. The fourth-order valence-electron chi connectivity index (χ4n) is 3.18. The Morgan fingerprint density at radius 3 is 2.70 bits per heavy atom. The zero-order chi connectivity index (χ0) is 21.4. The Bertz CT molecular complexity index is 939. The van der Waals surface area contributed by atoms with E-state index in [0.29, 0.717) is 6.73 Å². The van der Waals surface area contributed by atoms with Crippen molar-refractivity contribution in [2.45, 2.75) is 26.8 Å². The van der Waals surface area contributed by atoms with E-state index >= 15 is 0 Å². The zero-order valence-electron chi connectivity index (χ0n) is 17.7. The summed E-state index contributed by atoms with van der Waals surface area (Å²) in [7, 11) is 4.06. The number of ether oxygens (including phenoxy) is 1. The highest BCUT2D eigenvalue weighted by molar-refractivity contribution is 8.19. The minimum absolute atomic E-state index is 0.0209. The van der Waals surface area contributed by atoms with E-state index in [2.05, 4.69) is 23.8 Å². The number of aliphatic imine (C=N–C) groups is 1. The summed E-state index contributed by atoms with van der Waals surface area (Å²) in [6.45, 7) is 8.39. The third-order valence-corrected chi connectivity index (χ3v) is 9.33. The van der Waals surface area contributed by atoms with Crippen molar-refractivity contribution in [1.29, 1.82) is 0 Å². The normalized spacial score (nSPS) is 26.5. The summed E-state index contributed by atoms with van der Waals surface area (Å²) in [5.74, 6) is 1.08. The van der Waals surface area contributed by atoms with E-state index in [0.717, 1.165) is 49.2 Å². The molecule has 0 bridgehead atoms. The molecule has 0 saturated carbocycles. The van der Waals surface area contributed by atoms with Gasteiger partial charge in [-0.15, -0.1) is 11.8 Å². The first-order chi connectivity index (χ1) is 14.4. The van der Waals surface area contributed by atoms with Gasteiger partial charge in [0.05, 0.1) is 7.05 Å². The first kappa shape index (κ1) is 21.9. The molecule has 3 fully saturated rings. The molecular formula is C19H26N5O2S4+. The van der Waals surface area contributed by atoms with E-state index in [9.17, 15) is 4.79 Å². The fraction of sp³-hybridized carbons (Fsp3) is 0.526. The van der Waals surface area contributed by atoms with Gasteiger partial charge in [0.15, 0.2) is 11.8 Å². The molecule has 0 aromatic carbocycles. The molecule has 4 heterocycles. The number of hydrogen-bond acceptors (Lipinski definition) is 9. The van der Waals surface area contributed by atoms with Crippen LogP contribution in [-0.2, 0) is 16.6 Å². The molecule has 4 rings (SSSR count). The summed E-state index contributed by atoms with van der Waals surface area (Å²) in [6.07, 6.45) is 1.98. The van der Waals surface area contributed by atoms with E-state index in [1.54, 1.807) is 28.0 Å². The number of aromatic nitrogens is 1. The van der Waals surface area contributed by atoms with Crippen molar-refractivity contribution in [1.82, 2.24) is 14.7 Å². The number of amides is 1. The first-order valence-corrected chi connectivity index (χ1v) is 13.3. The van der Waals surface area contributed by atoms with Crippen LogP contribution in [0.15, 0.2) is 36.6 Å². The summed E-state index contributed by atoms with van der Waals surface area (Å²) < 4.78 is 8.04. The molecule has 162 valence electrons. The second-order valence-corrected chi connectivity index (χ2v) is 11.2. The lowest BCUT2D eigenvalue weighted by molar-refractivity contribution is -0.653. The molecule has 7 nitrogen and oxygen atoms in total. The Morgan fingerprint density at radius 1 is 1.30 bits per heavy atom. The molecule has 0 atom stereocenters. The smallest absolute Gasteiger partial charge is 0.384 e. The number of hydrogen-bond donors (Lipinski definition) is 0. The van der Waals surface area contributed by atoms with Crippen molar-refractivity contribution < 1.29 is 14.1 Å². The van der Waals surface area contributed by atoms with Gasteiger partial charge in [0, 0.05) is 37.3 Å². The average Bonchev–Trinajstić information content (AvgIpc) is 3.41. The molecule has 0 radical (unpaired) electrons. The van der Waals surface area contributed by atoms with Crippen LogP contribution in [0.3, 0.4) is 0 Å². The van der Waals surface area contributed by atoms with E-state index in [1.807, 2.05) is 48.8 Å². The molecule has 0 unspecified atom stereocenters. The van der Waals surface area contributed by atoms with Crippen molar-refractivity contribution in [2.24, 2.45) is 12.0 Å². The number of carbonyl (C=O) groups excluding carboxylic acids is 1. The molecular weight excluding hydrogens is 459 g/mol. The third kappa shape index (κ3) is 4.09. The van der Waals surface area contributed by atoms with Crippen molar-refractivity contribution in [3.05, 3.63) is 31.6 Å². The van der Waals surface area contributed by atoms with Crippen LogP contribution >= 0.6 is 46.6 Å². The summed E-state index contributed by atoms with van der Waals surface area (Å²) in [6, 6.07) is 0.0291. The van der Waals surface area contributed by atoms with Crippen LogP contribution in [0.2, 0.25) is 0 Å². The van der Waals surface area contributed by atoms with Crippen molar-refractivity contribution in [3.63, 3.8) is 0 Å². The molecule has 0 N–H and O–H groups in total. The highest BCUT2D eigenvalue weighted by Crippen LogP contribution is 2.47. The predicted octanol–water partition coefficient (Wildman–Crippen LogP) is 3.56. The molecule has 1 amide bonds. The minimum Gasteiger partial charge on any atom is -0.464 e. The van der Waals surface area contributed by atoms with Gasteiger partial charge in [-0.3, -0.25) is 9.69 Å². The largest absolute Gasteiger partial charge is 0.464 e. The van der Waals surface area contributed by atoms with Crippen LogP contribution in [0.25, 0.3) is 0 Å². The number of nitrogens with zero attached hydrogens (tertiary/aromatic N) is 5. The highest BCUT2D eigenvalue weighted by atomic mass is 32.2.